The normalized spacial score (nSPS) is 10.6. The van der Waals surface area contributed by atoms with Crippen LogP contribution in [0.25, 0.3) is 0 Å². The fourth-order valence-electron chi connectivity index (χ4n) is 2.05. The van der Waals surface area contributed by atoms with Crippen molar-refractivity contribution in [3.63, 3.8) is 0 Å². The van der Waals surface area contributed by atoms with Crippen LogP contribution in [0.2, 0.25) is 0 Å². The summed E-state index contributed by atoms with van der Waals surface area (Å²) >= 11 is 0.00694. The number of aryl methyl sites for hydroxylation is 3. The van der Waals surface area contributed by atoms with Gasteiger partial charge in [0.25, 0.3) is 0 Å². The number of hydrogen-bond acceptors (Lipinski definition) is 3. The number of halogens is 2. The van der Waals surface area contributed by atoms with Gasteiger partial charge >= 0.3 is 33.3 Å². The van der Waals surface area contributed by atoms with Crippen LogP contribution in [0.15, 0.2) is 36.8 Å². The Morgan fingerprint density at radius 1 is 0.773 bits per heavy atom. The molecule has 0 aromatic carbocycles. The van der Waals surface area contributed by atoms with Gasteiger partial charge in [0.05, 0.1) is 17.1 Å². The van der Waals surface area contributed by atoms with E-state index in [9.17, 15) is 0 Å². The van der Waals surface area contributed by atoms with Crippen molar-refractivity contribution in [3.8, 4) is 0 Å². The first kappa shape index (κ1) is 17.1. The Hall–Kier alpha value is -1.27. The van der Waals surface area contributed by atoms with Gasteiger partial charge in [-0.25, -0.2) is 14.0 Å². The Bertz CT molecular complexity index is 624. The van der Waals surface area contributed by atoms with Crippen LogP contribution in [0.1, 0.15) is 23.4 Å². The van der Waals surface area contributed by atoms with E-state index in [1.807, 2.05) is 71.6 Å². The van der Waals surface area contributed by atoms with Gasteiger partial charge in [-0.05, 0) is 39.0 Å². The van der Waals surface area contributed by atoms with Crippen LogP contribution in [-0.2, 0) is 13.1 Å². The molecule has 0 N–H and O–H groups in total. The monoisotopic (exact) mass is 381 g/mol. The number of hydrogen-bond donors (Lipinski definition) is 0. The van der Waals surface area contributed by atoms with Gasteiger partial charge in [0.2, 0.25) is 6.29 Å². The predicted octanol–water partition coefficient (Wildman–Crippen LogP) is 3.13. The molecule has 0 fully saturated rings. The molecule has 0 spiro atoms. The minimum atomic E-state index is -0.212. The van der Waals surface area contributed by atoms with Crippen molar-refractivity contribution < 1.29 is 13.1 Å². The van der Waals surface area contributed by atoms with Gasteiger partial charge < -0.3 is 0 Å². The number of aromatic nitrogens is 6. The molecule has 0 bridgehead atoms. The molecule has 3 aromatic rings. The first-order valence-corrected chi connectivity index (χ1v) is 9.72. The van der Waals surface area contributed by atoms with Crippen LogP contribution < -0.4 is 0 Å². The summed E-state index contributed by atoms with van der Waals surface area (Å²) in [6.45, 7) is 5.91. The van der Waals surface area contributed by atoms with Crippen LogP contribution in [-0.4, -0.2) is 29.3 Å². The van der Waals surface area contributed by atoms with Crippen molar-refractivity contribution in [2.24, 2.45) is 0 Å². The van der Waals surface area contributed by atoms with E-state index in [1.54, 1.807) is 0 Å². The molecule has 0 aliphatic rings. The van der Waals surface area contributed by atoms with Crippen molar-refractivity contribution in [2.75, 3.05) is 0 Å². The van der Waals surface area contributed by atoms with Gasteiger partial charge in [-0.1, -0.05) is 0 Å². The van der Waals surface area contributed by atoms with Crippen molar-refractivity contribution >= 4 is 20.2 Å². The fourth-order valence-corrected chi connectivity index (χ4v) is 2.05. The van der Waals surface area contributed by atoms with Crippen molar-refractivity contribution in [3.05, 3.63) is 53.9 Å². The van der Waals surface area contributed by atoms with Crippen LogP contribution in [0.3, 0.4) is 0 Å². The molecule has 0 aliphatic carbocycles. The summed E-state index contributed by atoms with van der Waals surface area (Å²) in [5.41, 5.74) is 2.91. The number of nitrogens with zero attached hydrogens (tertiary/aromatic N) is 6. The minimum absolute atomic E-state index is 0.00694. The van der Waals surface area contributed by atoms with Gasteiger partial charge in [-0.15, -0.1) is 0 Å². The molecule has 6 nitrogen and oxygen atoms in total. The Morgan fingerprint density at radius 2 is 1.05 bits per heavy atom. The summed E-state index contributed by atoms with van der Waals surface area (Å²) in [5, 5.41) is 13.4. The van der Waals surface area contributed by atoms with E-state index in [-0.39, 0.29) is 19.4 Å². The van der Waals surface area contributed by atoms with E-state index in [0.717, 1.165) is 17.1 Å². The Morgan fingerprint density at radius 3 is 1.23 bits per heavy atom. The van der Waals surface area contributed by atoms with Gasteiger partial charge in [0.15, 0.2) is 0 Å². The van der Waals surface area contributed by atoms with Gasteiger partial charge in [-0.3, -0.25) is 0 Å². The average Bonchev–Trinajstić information content (AvgIpc) is 3.16. The maximum absolute atomic E-state index is 4.80. The molecule has 0 radical (unpaired) electrons. The van der Waals surface area contributed by atoms with Crippen LogP contribution in [0.5, 0.6) is 0 Å². The topological polar surface area (TPSA) is 53.5 Å². The fraction of sp³-hybridized carbons (Fsp3) is 0.308. The van der Waals surface area contributed by atoms with Gasteiger partial charge in [0.1, 0.15) is 0 Å². The molecule has 22 heavy (non-hydrogen) atoms. The molecule has 9 heteroatoms. The molecule has 3 rings (SSSR count). The zero-order valence-corrected chi connectivity index (χ0v) is 15.1. The molecule has 0 saturated carbocycles. The summed E-state index contributed by atoms with van der Waals surface area (Å²) in [5.74, 6) is 0. The van der Waals surface area contributed by atoms with Crippen LogP contribution in [0.4, 0.5) is 0 Å². The second kappa shape index (κ2) is 7.83. The average molecular weight is 382 g/mol. The molecular weight excluding hydrogens is 366 g/mol. The Balaban J connectivity index is 0.000000545. The molecule has 0 saturated heterocycles. The van der Waals surface area contributed by atoms with Crippen LogP contribution >= 0.6 is 20.2 Å². The van der Waals surface area contributed by atoms with E-state index < -0.39 is 0 Å². The second-order valence-electron chi connectivity index (χ2n) is 4.71. The van der Waals surface area contributed by atoms with Crippen molar-refractivity contribution in [2.45, 2.75) is 27.1 Å². The third-order valence-electron chi connectivity index (χ3n) is 2.93. The summed E-state index contributed by atoms with van der Waals surface area (Å²) in [7, 11) is 9.59. The summed E-state index contributed by atoms with van der Waals surface area (Å²) in [6, 6.07) is 5.92. The van der Waals surface area contributed by atoms with E-state index >= 15 is 0 Å². The third kappa shape index (κ3) is 4.14. The standard InChI is InChI=1S/C13H16N6.2ClH.Mn/c1-10-4-7-17(14-10)13(18-8-5-11(2)15-18)19-9-6-12(3)16-19;;;/h4-9,13H,1-3H3;2*1H;/q;;;+2/p-2. The van der Waals surface area contributed by atoms with Gasteiger partial charge in [-0.2, -0.15) is 15.3 Å². The third-order valence-corrected chi connectivity index (χ3v) is 2.93. The first-order chi connectivity index (χ1) is 10.5. The van der Waals surface area contributed by atoms with E-state index in [1.165, 1.54) is 0 Å². The zero-order chi connectivity index (χ0) is 16.1. The first-order valence-electron chi connectivity index (χ1n) is 6.47. The van der Waals surface area contributed by atoms with E-state index in [4.69, 9.17) is 20.2 Å². The summed E-state index contributed by atoms with van der Waals surface area (Å²) in [4.78, 5) is 0. The maximum atomic E-state index is 4.80. The molecule has 3 aromatic heterocycles. The van der Waals surface area contributed by atoms with E-state index in [2.05, 4.69) is 15.3 Å². The van der Waals surface area contributed by atoms with Crippen molar-refractivity contribution in [1.82, 2.24) is 29.3 Å². The summed E-state index contributed by atoms with van der Waals surface area (Å²) in [6.07, 6.45) is 5.60. The Labute approximate surface area is 143 Å². The SMILES string of the molecule is Cc1ccn(C(n2ccc(C)n2)n2ccc(C)n2)n1.[Cl][Mn][Cl]. The zero-order valence-electron chi connectivity index (χ0n) is 12.4. The van der Waals surface area contributed by atoms with E-state index in [0.29, 0.717) is 0 Å². The number of rotatable bonds is 3. The second-order valence-corrected chi connectivity index (χ2v) is 6.66. The summed E-state index contributed by atoms with van der Waals surface area (Å²) < 4.78 is 5.57. The molecular formula is C13H16Cl2MnN6. The molecule has 0 unspecified atom stereocenters. The quantitative estimate of drug-likeness (QED) is 0.655. The Kier molecular flexibility index (Phi) is 6.08. The predicted molar refractivity (Wildman–Crippen MR) is 82.4 cm³/mol. The molecule has 119 valence electrons. The molecule has 0 amide bonds. The molecule has 0 atom stereocenters. The molecule has 0 aliphatic heterocycles. The van der Waals surface area contributed by atoms with Gasteiger partial charge in [0, 0.05) is 18.6 Å². The van der Waals surface area contributed by atoms with Crippen molar-refractivity contribution in [1.29, 1.82) is 0 Å². The van der Waals surface area contributed by atoms with Crippen LogP contribution in [0, 0.1) is 20.8 Å². The molecule has 3 heterocycles.